The molecule has 42 heavy (non-hydrogen) atoms. The first-order chi connectivity index (χ1) is 20.3. The molecule has 5 N–H and O–H groups in total. The largest absolute Gasteiger partial charge is 0.446 e. The van der Waals surface area contributed by atoms with E-state index in [0.717, 1.165) is 17.4 Å². The van der Waals surface area contributed by atoms with Gasteiger partial charge < -0.3 is 30.8 Å². The Balaban J connectivity index is 1.57. The fourth-order valence-electron chi connectivity index (χ4n) is 4.63. The number of hydrogen-bond acceptors (Lipinski definition) is 8. The molecule has 0 radical (unpaired) electrons. The zero-order valence-electron chi connectivity index (χ0n) is 23.4. The van der Waals surface area contributed by atoms with E-state index in [1.807, 2.05) is 42.5 Å². The number of carbonyl (C=O) groups excluding carboxylic acids is 4. The van der Waals surface area contributed by atoms with Crippen LogP contribution in [-0.4, -0.2) is 63.4 Å². The van der Waals surface area contributed by atoms with E-state index in [9.17, 15) is 24.3 Å². The number of aliphatic hydroxyl groups excluding tert-OH is 1. The van der Waals surface area contributed by atoms with Gasteiger partial charge in [0.25, 0.3) is 5.91 Å². The number of nitrogens with zero attached hydrogens (tertiary/aromatic N) is 2. The van der Waals surface area contributed by atoms with Crippen molar-refractivity contribution in [3.8, 4) is 0 Å². The summed E-state index contributed by atoms with van der Waals surface area (Å²) in [7, 11) is 0. The van der Waals surface area contributed by atoms with Gasteiger partial charge in [-0.05, 0) is 55.9 Å². The minimum absolute atomic E-state index is 0.0882. The summed E-state index contributed by atoms with van der Waals surface area (Å²) in [4.78, 5) is 60.4. The normalized spacial score (nSPS) is 21.0. The first-order valence-electron chi connectivity index (χ1n) is 14.0. The average molecular weight is 577 g/mol. The summed E-state index contributed by atoms with van der Waals surface area (Å²) in [6.45, 7) is 1.66. The molecule has 1 aliphatic heterocycles. The average Bonchev–Trinajstić information content (AvgIpc) is 3.48. The molecule has 4 atom stereocenters. The van der Waals surface area contributed by atoms with Crippen molar-refractivity contribution in [1.29, 1.82) is 0 Å². The van der Waals surface area contributed by atoms with Crippen molar-refractivity contribution in [2.45, 2.75) is 69.7 Å². The molecule has 0 spiro atoms. The van der Waals surface area contributed by atoms with Crippen LogP contribution in [0.25, 0.3) is 0 Å². The summed E-state index contributed by atoms with van der Waals surface area (Å²) < 4.78 is 5.63. The van der Waals surface area contributed by atoms with E-state index in [-0.39, 0.29) is 30.5 Å². The monoisotopic (exact) mass is 576 g/mol. The lowest BCUT2D eigenvalue weighted by Crippen LogP contribution is -2.52. The number of carbonyl (C=O) groups is 4. The summed E-state index contributed by atoms with van der Waals surface area (Å²) in [6, 6.07) is 10.3. The molecule has 4 rings (SSSR count). The highest BCUT2D eigenvalue weighted by atomic mass is 16.3. The van der Waals surface area contributed by atoms with Gasteiger partial charge in [0.15, 0.2) is 5.69 Å². The van der Waals surface area contributed by atoms with Crippen molar-refractivity contribution < 1.29 is 28.7 Å². The van der Waals surface area contributed by atoms with Gasteiger partial charge in [-0.2, -0.15) is 0 Å². The van der Waals surface area contributed by atoms with Gasteiger partial charge in [0.05, 0.1) is 6.10 Å². The number of benzene rings is 1. The van der Waals surface area contributed by atoms with Crippen LogP contribution in [0.2, 0.25) is 0 Å². The van der Waals surface area contributed by atoms with Crippen LogP contribution in [0.1, 0.15) is 66.2 Å². The third-order valence-electron chi connectivity index (χ3n) is 6.96. The van der Waals surface area contributed by atoms with E-state index in [2.05, 4.69) is 31.2 Å². The van der Waals surface area contributed by atoms with Crippen molar-refractivity contribution in [2.24, 2.45) is 0 Å². The SMILES string of the molecule is C[C@@H](O)[C@@H]1NC(=O)c2coc(n2)[C@H](Cc2ccccc2)NC(=O)[C@@H](NC(=O)CCc2ccncc2)CCCCNC1=O. The van der Waals surface area contributed by atoms with Crippen molar-refractivity contribution in [2.75, 3.05) is 6.54 Å². The highest BCUT2D eigenvalue weighted by Crippen LogP contribution is 2.20. The molecule has 1 aliphatic rings. The maximum atomic E-state index is 13.6. The summed E-state index contributed by atoms with van der Waals surface area (Å²) in [5.74, 6) is -1.85. The van der Waals surface area contributed by atoms with E-state index in [4.69, 9.17) is 4.42 Å². The van der Waals surface area contributed by atoms with Crippen LogP contribution in [0, 0.1) is 0 Å². The number of aliphatic hydroxyl groups is 1. The maximum Gasteiger partial charge on any atom is 0.273 e. The number of aromatic nitrogens is 2. The van der Waals surface area contributed by atoms with Gasteiger partial charge in [0, 0.05) is 31.8 Å². The van der Waals surface area contributed by atoms with Crippen molar-refractivity contribution >= 4 is 23.6 Å². The van der Waals surface area contributed by atoms with Crippen LogP contribution in [0.4, 0.5) is 0 Å². The molecule has 1 aromatic carbocycles. The predicted octanol–water partition coefficient (Wildman–Crippen LogP) is 1.37. The molecule has 0 aliphatic carbocycles. The number of aryl methyl sites for hydroxylation is 1. The number of amides is 4. The molecule has 3 aromatic rings. The third-order valence-corrected chi connectivity index (χ3v) is 6.96. The van der Waals surface area contributed by atoms with Crippen LogP contribution in [0.15, 0.2) is 65.5 Å². The minimum Gasteiger partial charge on any atom is -0.446 e. The van der Waals surface area contributed by atoms with E-state index in [1.165, 1.54) is 6.92 Å². The second-order valence-electron chi connectivity index (χ2n) is 10.3. The van der Waals surface area contributed by atoms with Crippen molar-refractivity contribution in [1.82, 2.24) is 31.2 Å². The van der Waals surface area contributed by atoms with Gasteiger partial charge in [0.2, 0.25) is 23.6 Å². The van der Waals surface area contributed by atoms with Crippen molar-refractivity contribution in [3.63, 3.8) is 0 Å². The first-order valence-corrected chi connectivity index (χ1v) is 14.0. The zero-order chi connectivity index (χ0) is 29.9. The topological polar surface area (TPSA) is 176 Å². The summed E-state index contributed by atoms with van der Waals surface area (Å²) in [5.41, 5.74) is 1.74. The summed E-state index contributed by atoms with van der Waals surface area (Å²) >= 11 is 0. The summed E-state index contributed by atoms with van der Waals surface area (Å²) in [5, 5.41) is 21.2. The highest BCUT2D eigenvalue weighted by molar-refractivity contribution is 5.96. The molecular weight excluding hydrogens is 540 g/mol. The van der Waals surface area contributed by atoms with Gasteiger partial charge in [-0.1, -0.05) is 30.3 Å². The Morgan fingerprint density at radius 1 is 1.05 bits per heavy atom. The maximum absolute atomic E-state index is 13.6. The molecule has 12 nitrogen and oxygen atoms in total. The standard InChI is InChI=1S/C30H36N6O6/c1-19(37)26-29(41)32-14-6-5-9-22(33-25(38)11-10-20-12-15-31-16-13-20)27(39)34-23(17-21-7-3-2-4-8-21)30-35-24(18-42-30)28(40)36-26/h2-4,7-8,12-13,15-16,18-19,22-23,26,37H,5-6,9-11,14,17H2,1H3,(H,32,41)(H,33,38)(H,34,39)(H,36,40)/t19-,22+,23+,26+/m1/s1. The Morgan fingerprint density at radius 3 is 2.55 bits per heavy atom. The Kier molecular flexibility index (Phi) is 10.8. The molecule has 0 unspecified atom stereocenters. The Hall–Kier alpha value is -4.58. The summed E-state index contributed by atoms with van der Waals surface area (Å²) in [6.07, 6.45) is 5.67. The van der Waals surface area contributed by atoms with E-state index < -0.39 is 42.0 Å². The minimum atomic E-state index is -1.20. The van der Waals surface area contributed by atoms with Gasteiger partial charge in [-0.25, -0.2) is 4.98 Å². The third kappa shape index (κ3) is 8.71. The van der Waals surface area contributed by atoms with E-state index in [0.29, 0.717) is 32.1 Å². The van der Waals surface area contributed by atoms with E-state index >= 15 is 0 Å². The Labute approximate surface area is 243 Å². The smallest absolute Gasteiger partial charge is 0.273 e. The molecule has 0 saturated carbocycles. The molecule has 0 fully saturated rings. The zero-order valence-corrected chi connectivity index (χ0v) is 23.4. The van der Waals surface area contributed by atoms with Gasteiger partial charge in [0.1, 0.15) is 24.4 Å². The highest BCUT2D eigenvalue weighted by Gasteiger charge is 2.30. The number of oxazole rings is 1. The van der Waals surface area contributed by atoms with Crippen LogP contribution in [-0.2, 0) is 27.2 Å². The molecule has 222 valence electrons. The number of rotatable bonds is 7. The van der Waals surface area contributed by atoms with Crippen molar-refractivity contribution in [3.05, 3.63) is 83.8 Å². The second kappa shape index (κ2) is 14.9. The lowest BCUT2D eigenvalue weighted by Gasteiger charge is -2.23. The number of hydrogen-bond donors (Lipinski definition) is 5. The fourth-order valence-corrected chi connectivity index (χ4v) is 4.63. The quantitative estimate of drug-likeness (QED) is 0.280. The van der Waals surface area contributed by atoms with Crippen LogP contribution in [0.3, 0.4) is 0 Å². The number of pyridine rings is 1. The van der Waals surface area contributed by atoms with E-state index in [1.54, 1.807) is 12.4 Å². The first kappa shape index (κ1) is 30.4. The molecule has 0 saturated heterocycles. The number of fused-ring (bicyclic) bond motifs is 2. The van der Waals surface area contributed by atoms with Gasteiger partial charge in [-0.3, -0.25) is 24.2 Å². The molecular formula is C30H36N6O6. The van der Waals surface area contributed by atoms with Gasteiger partial charge in [-0.15, -0.1) is 0 Å². The lowest BCUT2D eigenvalue weighted by molar-refractivity contribution is -0.129. The predicted molar refractivity (Wildman–Crippen MR) is 152 cm³/mol. The Morgan fingerprint density at radius 2 is 1.81 bits per heavy atom. The second-order valence-corrected chi connectivity index (χ2v) is 10.3. The van der Waals surface area contributed by atoms with Gasteiger partial charge >= 0.3 is 0 Å². The molecule has 12 heteroatoms. The number of nitrogens with one attached hydrogen (secondary N) is 4. The van der Waals surface area contributed by atoms with Crippen LogP contribution < -0.4 is 21.3 Å². The lowest BCUT2D eigenvalue weighted by atomic mass is 10.0. The molecule has 3 heterocycles. The fraction of sp³-hybridized carbons (Fsp3) is 0.400. The Bertz CT molecular complexity index is 1350. The molecule has 2 bridgehead atoms. The molecule has 2 aromatic heterocycles. The van der Waals surface area contributed by atoms with Crippen LogP contribution in [0.5, 0.6) is 0 Å². The molecule has 4 amide bonds. The van der Waals surface area contributed by atoms with Crippen LogP contribution >= 0.6 is 0 Å².